The second-order valence-electron chi connectivity index (χ2n) is 4.77. The molecule has 0 aliphatic carbocycles. The summed E-state index contributed by atoms with van der Waals surface area (Å²) in [6.45, 7) is 4.93. The first-order chi connectivity index (χ1) is 10.2. The Kier molecular flexibility index (Phi) is 3.79. The summed E-state index contributed by atoms with van der Waals surface area (Å²) in [4.78, 5) is 8.97. The van der Waals surface area contributed by atoms with Gasteiger partial charge in [0.15, 0.2) is 11.5 Å². The molecule has 6 heteroatoms. The Bertz CT molecular complexity index is 781. The zero-order valence-corrected chi connectivity index (χ0v) is 13.5. The molecule has 0 spiro atoms. The van der Waals surface area contributed by atoms with Gasteiger partial charge < -0.3 is 15.0 Å². The number of halogens is 1. The Morgan fingerprint density at radius 2 is 2.19 bits per heavy atom. The molecule has 2 aromatic heterocycles. The zero-order valence-electron chi connectivity index (χ0n) is 11.9. The molecule has 0 bridgehead atoms. The van der Waals surface area contributed by atoms with Crippen LogP contribution in [0.1, 0.15) is 12.5 Å². The van der Waals surface area contributed by atoms with Crippen molar-refractivity contribution in [2.24, 2.45) is 0 Å². The van der Waals surface area contributed by atoms with Crippen LogP contribution in [0.5, 0.6) is 0 Å². The summed E-state index contributed by atoms with van der Waals surface area (Å²) in [7, 11) is 0. The third kappa shape index (κ3) is 2.85. The van der Waals surface area contributed by atoms with Gasteiger partial charge >= 0.3 is 0 Å². The highest BCUT2D eigenvalue weighted by molar-refractivity contribution is 9.10. The van der Waals surface area contributed by atoms with E-state index in [0.29, 0.717) is 0 Å². The van der Waals surface area contributed by atoms with Crippen LogP contribution in [0.2, 0.25) is 0 Å². The Balaban J connectivity index is 2.06. The van der Waals surface area contributed by atoms with Crippen LogP contribution in [0.15, 0.2) is 41.3 Å². The molecule has 0 saturated heterocycles. The van der Waals surface area contributed by atoms with Crippen molar-refractivity contribution in [1.82, 2.24) is 14.4 Å². The molecule has 108 valence electrons. The van der Waals surface area contributed by atoms with Gasteiger partial charge in [-0.25, -0.2) is 9.97 Å². The lowest BCUT2D eigenvalue weighted by Crippen LogP contribution is -2.05. The van der Waals surface area contributed by atoms with E-state index in [4.69, 9.17) is 0 Å². The van der Waals surface area contributed by atoms with Gasteiger partial charge in [0.05, 0.1) is 11.9 Å². The number of nitrogens with one attached hydrogen (secondary N) is 2. The lowest BCUT2D eigenvalue weighted by molar-refractivity contribution is 1.09. The average molecular weight is 346 g/mol. The van der Waals surface area contributed by atoms with Gasteiger partial charge in [0.2, 0.25) is 0 Å². The smallest absolute Gasteiger partial charge is 0.180 e. The van der Waals surface area contributed by atoms with Crippen molar-refractivity contribution in [3.63, 3.8) is 0 Å². The number of aromatic nitrogens is 3. The summed E-state index contributed by atoms with van der Waals surface area (Å²) < 4.78 is 2.95. The van der Waals surface area contributed by atoms with E-state index in [1.165, 1.54) is 5.56 Å². The number of imidazole rings is 1. The average Bonchev–Trinajstić information content (AvgIpc) is 2.92. The summed E-state index contributed by atoms with van der Waals surface area (Å²) in [5.74, 6) is 1.54. The maximum atomic E-state index is 4.60. The molecule has 1 aromatic carbocycles. The van der Waals surface area contributed by atoms with Gasteiger partial charge in [-0.3, -0.25) is 0 Å². The van der Waals surface area contributed by atoms with E-state index < -0.39 is 0 Å². The van der Waals surface area contributed by atoms with E-state index in [0.717, 1.165) is 34.0 Å². The van der Waals surface area contributed by atoms with Crippen molar-refractivity contribution in [1.29, 1.82) is 0 Å². The van der Waals surface area contributed by atoms with Gasteiger partial charge in [0.1, 0.15) is 5.82 Å². The molecule has 2 heterocycles. The number of nitrogens with zero attached hydrogens (tertiary/aromatic N) is 3. The third-order valence-corrected chi connectivity index (χ3v) is 3.80. The summed E-state index contributed by atoms with van der Waals surface area (Å²) >= 11 is 3.56. The number of fused-ring (bicyclic) bond motifs is 1. The van der Waals surface area contributed by atoms with E-state index >= 15 is 0 Å². The van der Waals surface area contributed by atoms with Crippen molar-refractivity contribution in [2.45, 2.75) is 13.8 Å². The largest absolute Gasteiger partial charge is 0.369 e. The lowest BCUT2D eigenvalue weighted by atomic mass is 10.2. The molecular formula is C15H16BrN5. The Labute approximate surface area is 131 Å². The van der Waals surface area contributed by atoms with Crippen LogP contribution < -0.4 is 10.6 Å². The summed E-state index contributed by atoms with van der Waals surface area (Å²) in [5, 5.41) is 6.59. The van der Waals surface area contributed by atoms with Crippen LogP contribution in [-0.2, 0) is 0 Å². The van der Waals surface area contributed by atoms with Crippen molar-refractivity contribution in [3.05, 3.63) is 46.8 Å². The number of benzene rings is 1. The zero-order chi connectivity index (χ0) is 14.8. The van der Waals surface area contributed by atoms with Crippen molar-refractivity contribution in [3.8, 4) is 0 Å². The van der Waals surface area contributed by atoms with Gasteiger partial charge in [-0.15, -0.1) is 0 Å². The molecule has 0 fully saturated rings. The van der Waals surface area contributed by atoms with Gasteiger partial charge in [-0.2, -0.15) is 0 Å². The summed E-state index contributed by atoms with van der Waals surface area (Å²) in [6, 6.07) is 6.16. The number of hydrogen-bond donors (Lipinski definition) is 2. The highest BCUT2D eigenvalue weighted by Gasteiger charge is 2.09. The Hall–Kier alpha value is -2.08. The third-order valence-electron chi connectivity index (χ3n) is 3.11. The molecule has 5 nitrogen and oxygen atoms in total. The molecule has 0 atom stereocenters. The van der Waals surface area contributed by atoms with Crippen LogP contribution in [-0.4, -0.2) is 20.9 Å². The minimum Gasteiger partial charge on any atom is -0.369 e. The second kappa shape index (κ2) is 5.73. The van der Waals surface area contributed by atoms with E-state index in [1.54, 1.807) is 6.20 Å². The van der Waals surface area contributed by atoms with Crippen molar-refractivity contribution in [2.75, 3.05) is 17.2 Å². The van der Waals surface area contributed by atoms with Crippen LogP contribution in [0.25, 0.3) is 5.65 Å². The van der Waals surface area contributed by atoms with Gasteiger partial charge in [-0.1, -0.05) is 6.07 Å². The van der Waals surface area contributed by atoms with Crippen molar-refractivity contribution < 1.29 is 0 Å². The Morgan fingerprint density at radius 3 is 3.00 bits per heavy atom. The monoisotopic (exact) mass is 345 g/mol. The minimum absolute atomic E-state index is 0.727. The first kappa shape index (κ1) is 13.9. The molecule has 2 N–H and O–H groups in total. The van der Waals surface area contributed by atoms with E-state index in [9.17, 15) is 0 Å². The number of rotatable bonds is 4. The number of anilines is 3. The highest BCUT2D eigenvalue weighted by atomic mass is 79.9. The van der Waals surface area contributed by atoms with Crippen LogP contribution >= 0.6 is 15.9 Å². The van der Waals surface area contributed by atoms with Gasteiger partial charge in [-0.05, 0) is 47.5 Å². The minimum atomic E-state index is 0.727. The molecule has 0 amide bonds. The standard InChI is InChI=1S/C15H16BrN5/c1-3-17-13-9-21-7-6-18-15(21)14(20-13)19-12-8-10(2)4-5-11(12)16/h4-9,17H,3H2,1-2H3,(H,19,20). The predicted octanol–water partition coefficient (Wildman–Crippen LogP) is 3.98. The highest BCUT2D eigenvalue weighted by Crippen LogP contribution is 2.28. The first-order valence-electron chi connectivity index (χ1n) is 6.78. The normalized spacial score (nSPS) is 10.8. The fraction of sp³-hybridized carbons (Fsp3) is 0.200. The predicted molar refractivity (Wildman–Crippen MR) is 89.3 cm³/mol. The van der Waals surface area contributed by atoms with Gasteiger partial charge in [0.25, 0.3) is 0 Å². The quantitative estimate of drug-likeness (QED) is 0.750. The number of aryl methyl sites for hydroxylation is 1. The molecule has 21 heavy (non-hydrogen) atoms. The van der Waals surface area contributed by atoms with Gasteiger partial charge in [0, 0.05) is 23.4 Å². The first-order valence-corrected chi connectivity index (χ1v) is 7.57. The molecule has 0 radical (unpaired) electrons. The SMILES string of the molecule is CCNc1cn2ccnc2c(Nc2cc(C)ccc2Br)n1. The van der Waals surface area contributed by atoms with E-state index in [2.05, 4.69) is 55.6 Å². The molecule has 0 aliphatic rings. The van der Waals surface area contributed by atoms with E-state index in [1.807, 2.05) is 29.8 Å². The van der Waals surface area contributed by atoms with E-state index in [-0.39, 0.29) is 0 Å². The number of hydrogen-bond acceptors (Lipinski definition) is 4. The maximum absolute atomic E-state index is 4.60. The van der Waals surface area contributed by atoms with Crippen LogP contribution in [0.4, 0.5) is 17.3 Å². The Morgan fingerprint density at radius 1 is 1.33 bits per heavy atom. The molecule has 0 unspecified atom stereocenters. The molecule has 3 aromatic rings. The summed E-state index contributed by atoms with van der Waals surface area (Å²) in [6.07, 6.45) is 5.61. The van der Waals surface area contributed by atoms with Crippen LogP contribution in [0.3, 0.4) is 0 Å². The van der Waals surface area contributed by atoms with Crippen molar-refractivity contribution >= 4 is 38.9 Å². The lowest BCUT2D eigenvalue weighted by Gasteiger charge is -2.12. The fourth-order valence-corrected chi connectivity index (χ4v) is 2.49. The molecule has 0 saturated carbocycles. The molecule has 3 rings (SSSR count). The molecular weight excluding hydrogens is 330 g/mol. The summed E-state index contributed by atoms with van der Waals surface area (Å²) in [5.41, 5.74) is 2.95. The molecule has 0 aliphatic heterocycles. The van der Waals surface area contributed by atoms with Crippen LogP contribution in [0, 0.1) is 6.92 Å². The topological polar surface area (TPSA) is 54.2 Å². The second-order valence-corrected chi connectivity index (χ2v) is 5.63. The fourth-order valence-electron chi connectivity index (χ4n) is 2.14. The maximum Gasteiger partial charge on any atom is 0.180 e.